The third-order valence-electron chi connectivity index (χ3n) is 4.14. The number of nitro benzene ring substituents is 1. The monoisotopic (exact) mass is 454 g/mol. The Hall–Kier alpha value is -3.74. The van der Waals surface area contributed by atoms with Crippen molar-refractivity contribution in [2.24, 2.45) is 0 Å². The van der Waals surface area contributed by atoms with E-state index in [0.29, 0.717) is 0 Å². The number of carbonyl (C=O) groups excluding carboxylic acids is 4. The maximum absolute atomic E-state index is 11.8. The van der Waals surface area contributed by atoms with Crippen LogP contribution >= 0.6 is 0 Å². The smallest absolute Gasteiger partial charge is 0.305 e. The number of hydrogen-bond acceptors (Lipinski definition) is 12. The van der Waals surface area contributed by atoms with Crippen LogP contribution < -0.4 is 5.32 Å². The molecule has 0 bridgehead atoms. The maximum atomic E-state index is 11.8. The molecule has 1 aliphatic heterocycles. The molecule has 32 heavy (non-hydrogen) atoms. The maximum Gasteiger partial charge on any atom is 0.305 e. The molecule has 13 heteroatoms. The molecule has 0 aromatic heterocycles. The summed E-state index contributed by atoms with van der Waals surface area (Å²) in [4.78, 5) is 57.5. The summed E-state index contributed by atoms with van der Waals surface area (Å²) in [5.74, 6) is -5.51. The molecule has 1 aliphatic rings. The lowest BCUT2D eigenvalue weighted by Crippen LogP contribution is -2.53. The summed E-state index contributed by atoms with van der Waals surface area (Å²) in [7, 11) is 0. The van der Waals surface area contributed by atoms with Gasteiger partial charge in [0.05, 0.1) is 4.92 Å². The Morgan fingerprint density at radius 3 is 2.19 bits per heavy atom. The highest BCUT2D eigenvalue weighted by atomic mass is 16.8. The van der Waals surface area contributed by atoms with Crippen LogP contribution in [0.25, 0.3) is 0 Å². The van der Waals surface area contributed by atoms with E-state index >= 15 is 0 Å². The summed E-state index contributed by atoms with van der Waals surface area (Å²) < 4.78 is 26.4. The third-order valence-corrected chi connectivity index (χ3v) is 4.14. The van der Waals surface area contributed by atoms with E-state index in [1.165, 1.54) is 24.3 Å². The number of para-hydroxylation sites is 2. The SMILES string of the molecule is CC(=O)OCC1(OC(C)=O)OC(Nc2ccccc2[N+](=O)[O-])C(OC(C)=O)C1OC(C)=O. The molecule has 2 rings (SSSR count). The number of nitrogens with zero attached hydrogens (tertiary/aromatic N) is 1. The average molecular weight is 454 g/mol. The van der Waals surface area contributed by atoms with Crippen LogP contribution in [0.2, 0.25) is 0 Å². The zero-order chi connectivity index (χ0) is 24.1. The minimum atomic E-state index is -2.20. The Morgan fingerprint density at radius 1 is 1.03 bits per heavy atom. The van der Waals surface area contributed by atoms with Gasteiger partial charge in [0.15, 0.2) is 18.9 Å². The summed E-state index contributed by atoms with van der Waals surface area (Å²) in [5.41, 5.74) is -0.348. The van der Waals surface area contributed by atoms with Gasteiger partial charge in [0.2, 0.25) is 6.10 Å². The average Bonchev–Trinajstić information content (AvgIpc) is 2.92. The van der Waals surface area contributed by atoms with Crippen LogP contribution in [-0.2, 0) is 42.9 Å². The summed E-state index contributed by atoms with van der Waals surface area (Å²) in [6.07, 6.45) is -4.42. The fraction of sp³-hybridized carbons (Fsp3) is 0.474. The first kappa shape index (κ1) is 24.5. The van der Waals surface area contributed by atoms with Gasteiger partial charge in [0.25, 0.3) is 11.5 Å². The number of nitrogens with one attached hydrogen (secondary N) is 1. The molecular weight excluding hydrogens is 432 g/mol. The van der Waals surface area contributed by atoms with Crippen molar-refractivity contribution in [3.63, 3.8) is 0 Å². The minimum Gasteiger partial charge on any atom is -0.459 e. The Morgan fingerprint density at radius 2 is 1.66 bits per heavy atom. The van der Waals surface area contributed by atoms with E-state index in [1.54, 1.807) is 0 Å². The Labute approximate surface area is 182 Å². The first-order valence-corrected chi connectivity index (χ1v) is 9.30. The largest absolute Gasteiger partial charge is 0.459 e. The molecule has 4 unspecified atom stereocenters. The molecule has 1 aromatic rings. The molecule has 0 spiro atoms. The van der Waals surface area contributed by atoms with Crippen molar-refractivity contribution in [3.05, 3.63) is 34.4 Å². The predicted octanol–water partition coefficient (Wildman–Crippen LogP) is 1.05. The number of rotatable bonds is 8. The molecule has 0 aliphatic carbocycles. The number of esters is 4. The quantitative estimate of drug-likeness (QED) is 0.257. The minimum absolute atomic E-state index is 0.0210. The number of benzene rings is 1. The van der Waals surface area contributed by atoms with Crippen LogP contribution in [0, 0.1) is 10.1 Å². The van der Waals surface area contributed by atoms with Gasteiger partial charge in [-0.2, -0.15) is 0 Å². The Bertz CT molecular complexity index is 918. The van der Waals surface area contributed by atoms with Gasteiger partial charge in [-0.1, -0.05) is 12.1 Å². The normalized spacial score (nSPS) is 24.2. The number of ether oxygens (including phenoxy) is 5. The zero-order valence-electron chi connectivity index (χ0n) is 17.7. The fourth-order valence-electron chi connectivity index (χ4n) is 3.10. The van der Waals surface area contributed by atoms with Gasteiger partial charge in [0.1, 0.15) is 5.69 Å². The summed E-state index contributed by atoms with van der Waals surface area (Å²) in [5, 5.41) is 14.1. The first-order valence-electron chi connectivity index (χ1n) is 9.30. The molecule has 174 valence electrons. The van der Waals surface area contributed by atoms with E-state index in [9.17, 15) is 29.3 Å². The van der Waals surface area contributed by atoms with E-state index < -0.39 is 59.6 Å². The Balaban J connectivity index is 2.55. The number of hydrogen-bond donors (Lipinski definition) is 1. The Kier molecular flexibility index (Phi) is 7.70. The number of carbonyl (C=O) groups is 4. The fourth-order valence-corrected chi connectivity index (χ4v) is 3.10. The van der Waals surface area contributed by atoms with Gasteiger partial charge in [-0.25, -0.2) is 0 Å². The molecule has 0 amide bonds. The van der Waals surface area contributed by atoms with Crippen molar-refractivity contribution in [2.75, 3.05) is 11.9 Å². The lowest BCUT2D eigenvalue weighted by atomic mass is 10.1. The van der Waals surface area contributed by atoms with Gasteiger partial charge in [-0.05, 0) is 6.07 Å². The topological polar surface area (TPSA) is 170 Å². The molecule has 1 aromatic carbocycles. The van der Waals surface area contributed by atoms with Crippen LogP contribution in [0.1, 0.15) is 27.7 Å². The molecular formula is C19H22N2O11. The standard InChI is InChI=1S/C19H22N2O11/c1-10(22)28-9-19(31-13(4)25)17(30-12(3)24)16(29-11(2)23)18(32-19)20-14-7-5-6-8-15(14)21(26)27/h5-8,16-18,20H,9H2,1-4H3. The highest BCUT2D eigenvalue weighted by Crippen LogP contribution is 2.39. The van der Waals surface area contributed by atoms with Gasteiger partial charge in [0, 0.05) is 33.8 Å². The van der Waals surface area contributed by atoms with E-state index in [-0.39, 0.29) is 11.4 Å². The summed E-state index contributed by atoms with van der Waals surface area (Å²) >= 11 is 0. The molecule has 0 saturated carbocycles. The summed E-state index contributed by atoms with van der Waals surface area (Å²) in [6.45, 7) is 3.53. The van der Waals surface area contributed by atoms with Crippen molar-refractivity contribution in [2.45, 2.75) is 51.9 Å². The van der Waals surface area contributed by atoms with E-state index in [4.69, 9.17) is 23.7 Å². The van der Waals surface area contributed by atoms with Crippen LogP contribution in [0.5, 0.6) is 0 Å². The summed E-state index contributed by atoms with van der Waals surface area (Å²) in [6, 6.07) is 5.53. The lowest BCUT2D eigenvalue weighted by Gasteiger charge is -2.32. The van der Waals surface area contributed by atoms with Crippen LogP contribution in [0.4, 0.5) is 11.4 Å². The second-order valence-corrected chi connectivity index (χ2v) is 6.75. The molecule has 1 fully saturated rings. The second-order valence-electron chi connectivity index (χ2n) is 6.75. The van der Waals surface area contributed by atoms with Crippen molar-refractivity contribution in [3.8, 4) is 0 Å². The predicted molar refractivity (Wildman–Crippen MR) is 104 cm³/mol. The third kappa shape index (κ3) is 5.91. The van der Waals surface area contributed by atoms with Crippen molar-refractivity contribution in [1.82, 2.24) is 0 Å². The van der Waals surface area contributed by atoms with E-state index in [2.05, 4.69) is 5.32 Å². The molecule has 1 saturated heterocycles. The lowest BCUT2D eigenvalue weighted by molar-refractivity contribution is -0.384. The van der Waals surface area contributed by atoms with Gasteiger partial charge in [-0.15, -0.1) is 0 Å². The zero-order valence-corrected chi connectivity index (χ0v) is 17.7. The van der Waals surface area contributed by atoms with Crippen LogP contribution in [0.3, 0.4) is 0 Å². The van der Waals surface area contributed by atoms with E-state index in [0.717, 1.165) is 27.7 Å². The highest BCUT2D eigenvalue weighted by Gasteiger charge is 2.63. The van der Waals surface area contributed by atoms with Crippen LogP contribution in [0.15, 0.2) is 24.3 Å². The number of nitro groups is 1. The molecule has 13 nitrogen and oxygen atoms in total. The van der Waals surface area contributed by atoms with Gasteiger partial charge < -0.3 is 29.0 Å². The second kappa shape index (κ2) is 10.0. The van der Waals surface area contributed by atoms with Crippen molar-refractivity contribution < 1.29 is 47.8 Å². The van der Waals surface area contributed by atoms with Gasteiger partial charge in [-0.3, -0.25) is 29.3 Å². The molecule has 1 N–H and O–H groups in total. The number of anilines is 1. The van der Waals surface area contributed by atoms with Crippen molar-refractivity contribution >= 4 is 35.3 Å². The highest BCUT2D eigenvalue weighted by molar-refractivity contribution is 5.70. The first-order chi connectivity index (χ1) is 14.9. The van der Waals surface area contributed by atoms with Crippen LogP contribution in [-0.4, -0.2) is 59.6 Å². The van der Waals surface area contributed by atoms with Gasteiger partial charge >= 0.3 is 23.9 Å². The molecule has 4 atom stereocenters. The molecule has 0 radical (unpaired) electrons. The molecule has 1 heterocycles. The van der Waals surface area contributed by atoms with Crippen molar-refractivity contribution in [1.29, 1.82) is 0 Å². The van der Waals surface area contributed by atoms with E-state index in [1.807, 2.05) is 0 Å².